The predicted molar refractivity (Wildman–Crippen MR) is 103 cm³/mol. The van der Waals surface area contributed by atoms with E-state index in [-0.39, 0.29) is 0 Å². The molecule has 1 saturated heterocycles. The molecule has 1 fully saturated rings. The van der Waals surface area contributed by atoms with Crippen LogP contribution in [0.25, 0.3) is 22.6 Å². The number of anilines is 1. The number of nitrogens with zero attached hydrogens (tertiary/aromatic N) is 4. The predicted octanol–water partition coefficient (Wildman–Crippen LogP) is 0.352. The molecule has 11 heteroatoms. The Labute approximate surface area is 164 Å². The first-order chi connectivity index (χ1) is 13.5. The summed E-state index contributed by atoms with van der Waals surface area (Å²) >= 11 is 1.53. The highest BCUT2D eigenvalue weighted by Gasteiger charge is 2.47. The molecular formula is C17H20N6O4S. The first-order valence-electron chi connectivity index (χ1n) is 8.79. The average Bonchev–Trinajstić information content (AvgIpc) is 3.42. The molecule has 4 heterocycles. The second kappa shape index (κ2) is 7.43. The third-order valence-electron chi connectivity index (χ3n) is 4.56. The Bertz CT molecular complexity index is 991. The Hall–Kier alpha value is -2.60. The van der Waals surface area contributed by atoms with E-state index in [1.165, 1.54) is 22.2 Å². The van der Waals surface area contributed by atoms with E-state index < -0.39 is 30.4 Å². The molecule has 1 aliphatic rings. The second-order valence-corrected chi connectivity index (χ2v) is 7.08. The van der Waals surface area contributed by atoms with Crippen LogP contribution in [-0.2, 0) is 9.53 Å². The molecule has 4 rings (SSSR count). The van der Waals surface area contributed by atoms with E-state index in [2.05, 4.69) is 25.6 Å². The summed E-state index contributed by atoms with van der Waals surface area (Å²) in [6.07, 6.45) is -3.42. The average molecular weight is 404 g/mol. The lowest BCUT2D eigenvalue weighted by Crippen LogP contribution is -2.42. The topological polar surface area (TPSA) is 134 Å². The number of fused-ring (bicyclic) bond motifs is 1. The lowest BCUT2D eigenvalue weighted by molar-refractivity contribution is -0.137. The number of hydrogen-bond acceptors (Lipinski definition) is 9. The van der Waals surface area contributed by atoms with E-state index in [0.29, 0.717) is 29.4 Å². The monoisotopic (exact) mass is 404 g/mol. The van der Waals surface area contributed by atoms with Crippen LogP contribution in [0.5, 0.6) is 0 Å². The van der Waals surface area contributed by atoms with Crippen LogP contribution in [0.4, 0.5) is 5.82 Å². The van der Waals surface area contributed by atoms with Gasteiger partial charge in [-0.2, -0.15) is 11.3 Å². The fourth-order valence-corrected chi connectivity index (χ4v) is 3.81. The minimum atomic E-state index is -1.36. The molecule has 0 aromatic carbocycles. The van der Waals surface area contributed by atoms with Gasteiger partial charge in [-0.1, -0.05) is 0 Å². The molecule has 0 bridgehead atoms. The van der Waals surface area contributed by atoms with Crippen molar-refractivity contribution in [2.45, 2.75) is 31.5 Å². The van der Waals surface area contributed by atoms with Gasteiger partial charge in [-0.05, 0) is 18.4 Å². The second-order valence-electron chi connectivity index (χ2n) is 6.30. The van der Waals surface area contributed by atoms with Crippen LogP contribution in [-0.4, -0.2) is 67.5 Å². The number of nitrogens with one attached hydrogen (secondary N) is 2. The maximum Gasteiger partial charge on any atom is 0.252 e. The number of aliphatic hydroxyl groups is 2. The van der Waals surface area contributed by atoms with Crippen molar-refractivity contribution >= 4 is 34.2 Å². The normalized spacial score (nSPS) is 24.6. The number of amides is 1. The minimum absolute atomic E-state index is 0.392. The van der Waals surface area contributed by atoms with Crippen LogP contribution >= 0.6 is 11.3 Å². The minimum Gasteiger partial charge on any atom is -0.387 e. The van der Waals surface area contributed by atoms with Gasteiger partial charge in [-0.15, -0.1) is 0 Å². The van der Waals surface area contributed by atoms with E-state index in [1.807, 2.05) is 16.8 Å². The lowest BCUT2D eigenvalue weighted by atomic mass is 10.1. The molecule has 10 nitrogen and oxygen atoms in total. The van der Waals surface area contributed by atoms with Gasteiger partial charge in [-0.25, -0.2) is 15.0 Å². The van der Waals surface area contributed by atoms with Crippen molar-refractivity contribution in [2.75, 3.05) is 18.9 Å². The highest BCUT2D eigenvalue weighted by Crippen LogP contribution is 2.33. The van der Waals surface area contributed by atoms with Crippen LogP contribution < -0.4 is 10.6 Å². The molecule has 0 radical (unpaired) electrons. The Balaban J connectivity index is 1.77. The van der Waals surface area contributed by atoms with E-state index in [0.717, 1.165) is 5.56 Å². The fraction of sp³-hybridized carbons (Fsp3) is 0.412. The number of carbonyl (C=O) groups is 1. The van der Waals surface area contributed by atoms with Gasteiger partial charge < -0.3 is 25.6 Å². The number of hydrogen-bond donors (Lipinski definition) is 4. The molecule has 3 aromatic heterocycles. The Kier molecular flexibility index (Phi) is 4.98. The SMILES string of the molecule is CCNC(=O)[C@H]1O[C@@H](n2cnc3c(NC)nc(-c4ccsc4)nc32)[C@H](O)C1O. The standard InChI is InChI=1S/C17H20N6O4S/c1-3-19-16(26)12-10(24)11(25)17(27-12)23-7-20-9-14(18-2)21-13(22-15(9)23)8-4-5-28-6-8/h4-7,10-12,17,24-25H,3H2,1-2H3,(H,19,26)(H,18,21,22)/t10?,11-,12+,17-/m1/s1. The highest BCUT2D eigenvalue weighted by atomic mass is 32.1. The molecule has 3 aromatic rings. The first-order valence-corrected chi connectivity index (χ1v) is 9.73. The summed E-state index contributed by atoms with van der Waals surface area (Å²) in [5.74, 6) is 0.539. The summed E-state index contributed by atoms with van der Waals surface area (Å²) in [6.45, 7) is 2.15. The number of likely N-dealkylation sites (N-methyl/N-ethyl adjacent to an activating group) is 1. The van der Waals surface area contributed by atoms with E-state index in [1.54, 1.807) is 14.0 Å². The number of aliphatic hydroxyl groups excluding tert-OH is 2. The van der Waals surface area contributed by atoms with Crippen LogP contribution in [0.15, 0.2) is 23.2 Å². The number of rotatable bonds is 5. The van der Waals surface area contributed by atoms with Crippen molar-refractivity contribution < 1.29 is 19.7 Å². The van der Waals surface area contributed by atoms with E-state index in [9.17, 15) is 15.0 Å². The zero-order valence-electron chi connectivity index (χ0n) is 15.2. The molecule has 1 aliphatic heterocycles. The molecule has 1 unspecified atom stereocenters. The van der Waals surface area contributed by atoms with Gasteiger partial charge in [0.05, 0.1) is 6.33 Å². The van der Waals surface area contributed by atoms with Gasteiger partial charge >= 0.3 is 0 Å². The molecule has 4 atom stereocenters. The van der Waals surface area contributed by atoms with Crippen molar-refractivity contribution in [3.8, 4) is 11.4 Å². The molecule has 1 amide bonds. The fourth-order valence-electron chi connectivity index (χ4n) is 3.18. The maximum atomic E-state index is 12.1. The van der Waals surface area contributed by atoms with E-state index in [4.69, 9.17) is 4.74 Å². The van der Waals surface area contributed by atoms with Crippen molar-refractivity contribution in [3.05, 3.63) is 23.2 Å². The van der Waals surface area contributed by atoms with Crippen LogP contribution in [0.1, 0.15) is 13.2 Å². The highest BCUT2D eigenvalue weighted by molar-refractivity contribution is 7.08. The molecule has 28 heavy (non-hydrogen) atoms. The van der Waals surface area contributed by atoms with Crippen LogP contribution in [0.2, 0.25) is 0 Å². The van der Waals surface area contributed by atoms with Gasteiger partial charge in [0.2, 0.25) is 0 Å². The summed E-state index contributed by atoms with van der Waals surface area (Å²) in [4.78, 5) is 25.5. The zero-order valence-corrected chi connectivity index (χ0v) is 16.1. The molecule has 0 saturated carbocycles. The van der Waals surface area contributed by atoms with Gasteiger partial charge in [-0.3, -0.25) is 9.36 Å². The first kappa shape index (κ1) is 18.7. The Morgan fingerprint density at radius 1 is 1.36 bits per heavy atom. The molecule has 0 spiro atoms. The van der Waals surface area contributed by atoms with Crippen molar-refractivity contribution in [1.29, 1.82) is 0 Å². The number of carbonyl (C=O) groups excluding carboxylic acids is 1. The van der Waals surface area contributed by atoms with Crippen molar-refractivity contribution in [1.82, 2.24) is 24.8 Å². The third kappa shape index (κ3) is 3.02. The molecule has 148 valence electrons. The van der Waals surface area contributed by atoms with Crippen molar-refractivity contribution in [2.24, 2.45) is 0 Å². The number of thiophene rings is 1. The van der Waals surface area contributed by atoms with E-state index >= 15 is 0 Å². The smallest absolute Gasteiger partial charge is 0.252 e. The summed E-state index contributed by atoms with van der Waals surface area (Å²) < 4.78 is 7.20. The van der Waals surface area contributed by atoms with Gasteiger partial charge in [0.25, 0.3) is 5.91 Å². The number of ether oxygens (including phenoxy) is 1. The van der Waals surface area contributed by atoms with Crippen LogP contribution in [0, 0.1) is 0 Å². The lowest BCUT2D eigenvalue weighted by Gasteiger charge is -2.16. The number of aromatic nitrogens is 4. The van der Waals surface area contributed by atoms with Gasteiger partial charge in [0.15, 0.2) is 35.1 Å². The summed E-state index contributed by atoms with van der Waals surface area (Å²) in [5.41, 5.74) is 1.77. The van der Waals surface area contributed by atoms with Gasteiger partial charge in [0.1, 0.15) is 12.2 Å². The quantitative estimate of drug-likeness (QED) is 0.479. The molecule has 4 N–H and O–H groups in total. The molecule has 0 aliphatic carbocycles. The summed E-state index contributed by atoms with van der Waals surface area (Å²) in [6, 6.07) is 1.90. The number of imidazole rings is 1. The maximum absolute atomic E-state index is 12.1. The van der Waals surface area contributed by atoms with Crippen molar-refractivity contribution in [3.63, 3.8) is 0 Å². The third-order valence-corrected chi connectivity index (χ3v) is 5.24. The van der Waals surface area contributed by atoms with Gasteiger partial charge in [0, 0.05) is 24.5 Å². The largest absolute Gasteiger partial charge is 0.387 e. The van der Waals surface area contributed by atoms with Crippen LogP contribution in [0.3, 0.4) is 0 Å². The zero-order chi connectivity index (χ0) is 19.8. The summed E-state index contributed by atoms with van der Waals surface area (Å²) in [7, 11) is 1.73. The Morgan fingerprint density at radius 2 is 2.18 bits per heavy atom. The Morgan fingerprint density at radius 3 is 2.86 bits per heavy atom. The molecular weight excluding hydrogens is 384 g/mol. The summed E-state index contributed by atoms with van der Waals surface area (Å²) in [5, 5.41) is 30.2.